The van der Waals surface area contributed by atoms with Gasteiger partial charge in [0.05, 0.1) is 35.3 Å². The van der Waals surface area contributed by atoms with Crippen LogP contribution >= 0.6 is 34.5 Å². The molecule has 0 saturated heterocycles. The Kier molecular flexibility index (Phi) is 6.96. The largest absolute Gasteiger partial charge is 0.494 e. The van der Waals surface area contributed by atoms with Crippen molar-refractivity contribution in [1.29, 1.82) is 0 Å². The quantitative estimate of drug-likeness (QED) is 0.266. The van der Waals surface area contributed by atoms with Crippen LogP contribution in [0.5, 0.6) is 5.75 Å². The van der Waals surface area contributed by atoms with E-state index in [9.17, 15) is 4.79 Å². The van der Waals surface area contributed by atoms with E-state index in [2.05, 4.69) is 30.2 Å². The smallest absolute Gasteiger partial charge is 0.259 e. The summed E-state index contributed by atoms with van der Waals surface area (Å²) >= 11 is 13.3. The van der Waals surface area contributed by atoms with Crippen LogP contribution in [0.3, 0.4) is 0 Å². The van der Waals surface area contributed by atoms with E-state index in [-0.39, 0.29) is 11.1 Å². The molecule has 1 N–H and O–H groups in total. The average Bonchev–Trinajstić information content (AvgIpc) is 3.26. The molecule has 0 fully saturated rings. The van der Waals surface area contributed by atoms with Gasteiger partial charge < -0.3 is 4.74 Å². The van der Waals surface area contributed by atoms with Gasteiger partial charge in [-0.1, -0.05) is 34.5 Å². The molecule has 0 atom stereocenters. The molecule has 37 heavy (non-hydrogen) atoms. The molecule has 12 heteroatoms. The van der Waals surface area contributed by atoms with Crippen LogP contribution in [0.1, 0.15) is 33.1 Å². The number of rotatable bonds is 6. The van der Waals surface area contributed by atoms with Gasteiger partial charge in [0.2, 0.25) is 0 Å². The number of nitrogens with zero attached hydrogens (tertiary/aromatic N) is 6. The Morgan fingerprint density at radius 2 is 1.84 bits per heavy atom. The SMILES string of the molecule is COc1cnc(Cl)cc1-c1cc(C)ncc1C(=O)Nc1nc2nc(C)c(Cc3ccc(Cl)cn3)nc2s1. The molecule has 5 rings (SSSR count). The van der Waals surface area contributed by atoms with Crippen molar-refractivity contribution in [1.82, 2.24) is 29.9 Å². The summed E-state index contributed by atoms with van der Waals surface area (Å²) < 4.78 is 5.45. The van der Waals surface area contributed by atoms with Crippen LogP contribution in [0.2, 0.25) is 10.2 Å². The van der Waals surface area contributed by atoms with Crippen LogP contribution in [-0.4, -0.2) is 42.9 Å². The highest BCUT2D eigenvalue weighted by atomic mass is 35.5. The summed E-state index contributed by atoms with van der Waals surface area (Å²) in [6.07, 6.45) is 5.13. The minimum atomic E-state index is -0.390. The fraction of sp³-hybridized carbons (Fsp3) is 0.160. The fourth-order valence-corrected chi connectivity index (χ4v) is 4.77. The van der Waals surface area contributed by atoms with Crippen LogP contribution in [0.15, 0.2) is 42.9 Å². The summed E-state index contributed by atoms with van der Waals surface area (Å²) in [7, 11) is 1.53. The van der Waals surface area contributed by atoms with Gasteiger partial charge in [0, 0.05) is 41.3 Å². The van der Waals surface area contributed by atoms with Crippen molar-refractivity contribution in [3.63, 3.8) is 0 Å². The van der Waals surface area contributed by atoms with Gasteiger partial charge in [-0.05, 0) is 38.1 Å². The lowest BCUT2D eigenvalue weighted by molar-refractivity contribution is 0.102. The standard InChI is InChI=1S/C25H19Cl2N7O2S/c1-12-6-16(17-8-21(27)30-11-20(17)36-3)18(10-28-12)23(35)34-25-33-22-24(37-25)32-19(13(2)31-22)7-15-5-4-14(26)9-29-15/h4-6,8-11H,7H2,1-3H3,(H,31,33,34,35). The molecule has 0 aromatic carbocycles. The Hall–Kier alpha value is -3.73. The molecule has 0 saturated carbocycles. The second kappa shape index (κ2) is 10.3. The number of anilines is 1. The highest BCUT2D eigenvalue weighted by molar-refractivity contribution is 7.21. The number of hydrogen-bond acceptors (Lipinski definition) is 9. The van der Waals surface area contributed by atoms with Gasteiger partial charge in [0.25, 0.3) is 5.91 Å². The van der Waals surface area contributed by atoms with Crippen molar-refractivity contribution in [3.8, 4) is 16.9 Å². The highest BCUT2D eigenvalue weighted by Crippen LogP contribution is 2.34. The molecule has 0 spiro atoms. The number of aryl methyl sites for hydroxylation is 2. The van der Waals surface area contributed by atoms with Gasteiger partial charge in [-0.15, -0.1) is 0 Å². The predicted molar refractivity (Wildman–Crippen MR) is 144 cm³/mol. The third-order valence-electron chi connectivity index (χ3n) is 5.51. The summed E-state index contributed by atoms with van der Waals surface area (Å²) in [6, 6.07) is 7.08. The van der Waals surface area contributed by atoms with E-state index in [1.807, 2.05) is 19.9 Å². The van der Waals surface area contributed by atoms with Crippen molar-refractivity contribution in [2.24, 2.45) is 0 Å². The van der Waals surface area contributed by atoms with Crippen LogP contribution in [0, 0.1) is 13.8 Å². The number of methoxy groups -OCH3 is 1. The molecule has 0 aliphatic carbocycles. The van der Waals surface area contributed by atoms with E-state index in [4.69, 9.17) is 32.9 Å². The van der Waals surface area contributed by atoms with Crippen molar-refractivity contribution >= 4 is 56.1 Å². The summed E-state index contributed by atoms with van der Waals surface area (Å²) in [6.45, 7) is 3.71. The minimum absolute atomic E-state index is 0.278. The lowest BCUT2D eigenvalue weighted by atomic mass is 10.0. The number of amides is 1. The van der Waals surface area contributed by atoms with Crippen molar-refractivity contribution in [2.75, 3.05) is 12.4 Å². The van der Waals surface area contributed by atoms with Crippen molar-refractivity contribution in [3.05, 3.63) is 81.4 Å². The molecule has 1 amide bonds. The molecule has 0 unspecified atom stereocenters. The number of aromatic nitrogens is 6. The molecule has 5 aromatic heterocycles. The van der Waals surface area contributed by atoms with Gasteiger partial charge in [-0.3, -0.25) is 20.1 Å². The number of halogens is 2. The number of nitrogens with one attached hydrogen (secondary N) is 1. The number of carbonyl (C=O) groups is 1. The van der Waals surface area contributed by atoms with Crippen LogP contribution in [-0.2, 0) is 6.42 Å². The maximum atomic E-state index is 13.3. The lowest BCUT2D eigenvalue weighted by Gasteiger charge is -2.13. The van der Waals surface area contributed by atoms with Gasteiger partial charge in [0.1, 0.15) is 10.9 Å². The summed E-state index contributed by atoms with van der Waals surface area (Å²) in [5, 5.41) is 4.07. The van der Waals surface area contributed by atoms with Gasteiger partial charge in [-0.2, -0.15) is 4.98 Å². The normalized spacial score (nSPS) is 11.1. The first kappa shape index (κ1) is 24.9. The molecule has 5 heterocycles. The van der Waals surface area contributed by atoms with Crippen LogP contribution < -0.4 is 10.1 Å². The van der Waals surface area contributed by atoms with E-state index < -0.39 is 0 Å². The van der Waals surface area contributed by atoms with Crippen LogP contribution in [0.4, 0.5) is 5.13 Å². The molecular weight excluding hydrogens is 533 g/mol. The molecule has 186 valence electrons. The molecule has 0 aliphatic heterocycles. The fourth-order valence-electron chi connectivity index (χ4n) is 3.70. The monoisotopic (exact) mass is 551 g/mol. The predicted octanol–water partition coefficient (Wildman–Crippen LogP) is 5.71. The number of fused-ring (bicyclic) bond motifs is 1. The second-order valence-electron chi connectivity index (χ2n) is 8.08. The van der Waals surface area contributed by atoms with Gasteiger partial charge >= 0.3 is 0 Å². The molecule has 0 radical (unpaired) electrons. The molecular formula is C25H19Cl2N7O2S. The summed E-state index contributed by atoms with van der Waals surface area (Å²) in [4.78, 5) is 40.4. The number of thiazole rings is 1. The topological polar surface area (TPSA) is 116 Å². The first-order chi connectivity index (χ1) is 17.8. The Morgan fingerprint density at radius 3 is 2.59 bits per heavy atom. The zero-order valence-corrected chi connectivity index (χ0v) is 22.2. The van der Waals surface area contributed by atoms with E-state index in [1.54, 1.807) is 24.4 Å². The van der Waals surface area contributed by atoms with E-state index in [1.165, 1.54) is 30.8 Å². The second-order valence-corrected chi connectivity index (χ2v) is 9.88. The minimum Gasteiger partial charge on any atom is -0.494 e. The molecule has 0 aliphatic rings. The van der Waals surface area contributed by atoms with E-state index in [0.717, 1.165) is 22.8 Å². The van der Waals surface area contributed by atoms with Crippen molar-refractivity contribution in [2.45, 2.75) is 20.3 Å². The Balaban J connectivity index is 1.45. The van der Waals surface area contributed by atoms with E-state index >= 15 is 0 Å². The Labute approximate surface area is 225 Å². The molecule has 5 aromatic rings. The van der Waals surface area contributed by atoms with E-state index in [0.29, 0.717) is 49.5 Å². The first-order valence-corrected chi connectivity index (χ1v) is 12.6. The van der Waals surface area contributed by atoms with Gasteiger partial charge in [0.15, 0.2) is 15.6 Å². The summed E-state index contributed by atoms with van der Waals surface area (Å²) in [5.74, 6) is 0.0921. The maximum Gasteiger partial charge on any atom is 0.259 e. The van der Waals surface area contributed by atoms with Crippen molar-refractivity contribution < 1.29 is 9.53 Å². The third-order valence-corrected chi connectivity index (χ3v) is 6.79. The number of carbonyl (C=O) groups excluding carboxylic acids is 1. The average molecular weight is 552 g/mol. The first-order valence-electron chi connectivity index (χ1n) is 11.0. The Bertz CT molecular complexity index is 1640. The van der Waals surface area contributed by atoms with Crippen LogP contribution in [0.25, 0.3) is 21.6 Å². The Morgan fingerprint density at radius 1 is 1.00 bits per heavy atom. The number of pyridine rings is 3. The van der Waals surface area contributed by atoms with Gasteiger partial charge in [-0.25, -0.2) is 15.0 Å². The zero-order valence-electron chi connectivity index (χ0n) is 19.9. The number of ether oxygens (including phenoxy) is 1. The maximum absolute atomic E-state index is 13.3. The summed E-state index contributed by atoms with van der Waals surface area (Å²) in [5.41, 5.74) is 5.08. The molecule has 0 bridgehead atoms. The molecule has 9 nitrogen and oxygen atoms in total. The third kappa shape index (κ3) is 5.36. The highest BCUT2D eigenvalue weighted by Gasteiger charge is 2.20. The zero-order chi connectivity index (χ0) is 26.1. The lowest BCUT2D eigenvalue weighted by Crippen LogP contribution is -2.14. The number of hydrogen-bond donors (Lipinski definition) is 1.